The summed E-state index contributed by atoms with van der Waals surface area (Å²) >= 11 is 7.60. The Morgan fingerprint density at radius 1 is 1.14 bits per heavy atom. The number of benzene rings is 1. The van der Waals surface area contributed by atoms with E-state index in [0.29, 0.717) is 6.42 Å². The molecular weight excluding hydrogens is 400 g/mol. The largest absolute Gasteiger partial charge is 0.293 e. The maximum Gasteiger partial charge on any atom is 0.174 e. The van der Waals surface area contributed by atoms with Crippen LogP contribution in [0.3, 0.4) is 0 Å². The number of hydrogen-bond acceptors (Lipinski definition) is 4. The van der Waals surface area contributed by atoms with E-state index in [9.17, 15) is 4.79 Å². The Morgan fingerprint density at radius 3 is 2.59 bits per heavy atom. The number of rotatable bonds is 6. The van der Waals surface area contributed by atoms with Crippen LogP contribution < -0.4 is 0 Å². The van der Waals surface area contributed by atoms with E-state index in [1.165, 1.54) is 36.2 Å². The lowest BCUT2D eigenvalue weighted by Gasteiger charge is -2.38. The van der Waals surface area contributed by atoms with Crippen molar-refractivity contribution in [2.24, 2.45) is 0 Å². The van der Waals surface area contributed by atoms with Crippen molar-refractivity contribution in [1.29, 1.82) is 0 Å². The molecule has 3 aromatic rings. The van der Waals surface area contributed by atoms with Crippen molar-refractivity contribution in [2.75, 3.05) is 0 Å². The summed E-state index contributed by atoms with van der Waals surface area (Å²) in [5.41, 5.74) is 3.20. The highest BCUT2D eigenvalue weighted by Gasteiger charge is 2.34. The summed E-state index contributed by atoms with van der Waals surface area (Å²) < 4.78 is 0. The van der Waals surface area contributed by atoms with Crippen LogP contribution >= 0.6 is 22.9 Å². The fraction of sp³-hybridized carbons (Fsp3) is 0.375. The average Bonchev–Trinajstić information content (AvgIpc) is 3.15. The number of Topliss-reactive ketones (excluding diaryl/α,β-unsaturated/α-hetero) is 1. The molecular formula is C24H25ClN2OS. The van der Waals surface area contributed by atoms with Crippen molar-refractivity contribution in [3.05, 3.63) is 69.9 Å². The summed E-state index contributed by atoms with van der Waals surface area (Å²) in [7, 11) is 0. The van der Waals surface area contributed by atoms with Gasteiger partial charge in [-0.25, -0.2) is 4.98 Å². The molecule has 0 atom stereocenters. The number of ketones is 1. The normalized spacial score (nSPS) is 15.9. The Bertz CT molecular complexity index is 976. The predicted molar refractivity (Wildman–Crippen MR) is 120 cm³/mol. The fourth-order valence-corrected chi connectivity index (χ4v) is 5.60. The van der Waals surface area contributed by atoms with E-state index >= 15 is 0 Å². The zero-order chi connectivity index (χ0) is 20.3. The highest BCUT2D eigenvalue weighted by Crippen LogP contribution is 2.44. The monoisotopic (exact) mass is 424 g/mol. The molecule has 0 saturated heterocycles. The van der Waals surface area contributed by atoms with Gasteiger partial charge in [0, 0.05) is 29.4 Å². The minimum Gasteiger partial charge on any atom is -0.293 e. The van der Waals surface area contributed by atoms with Crippen LogP contribution in [0.4, 0.5) is 0 Å². The van der Waals surface area contributed by atoms with Crippen LogP contribution in [0, 0.1) is 6.92 Å². The second-order valence-corrected chi connectivity index (χ2v) is 9.38. The first-order valence-corrected chi connectivity index (χ1v) is 11.4. The Balaban J connectivity index is 1.53. The third-order valence-corrected chi connectivity index (χ3v) is 7.56. The van der Waals surface area contributed by atoms with E-state index in [0.717, 1.165) is 45.4 Å². The first kappa shape index (κ1) is 20.2. The molecule has 29 heavy (non-hydrogen) atoms. The van der Waals surface area contributed by atoms with Crippen molar-refractivity contribution in [3.8, 4) is 10.6 Å². The Kier molecular flexibility index (Phi) is 6.12. The standard InChI is InChI=1S/C24H25ClN2OS/c1-17-22(29-23(27-17)18-6-5-15-26-16-18)21(28)11-14-24(12-3-2-4-13-24)19-7-9-20(25)10-8-19/h5-10,15-16H,2-4,11-14H2,1H3. The van der Waals surface area contributed by atoms with E-state index in [1.54, 1.807) is 12.4 Å². The molecule has 0 unspecified atom stereocenters. The van der Waals surface area contributed by atoms with Gasteiger partial charge in [0.1, 0.15) is 5.01 Å². The summed E-state index contributed by atoms with van der Waals surface area (Å²) in [5, 5.41) is 1.63. The summed E-state index contributed by atoms with van der Waals surface area (Å²) in [6.07, 6.45) is 11.0. The molecule has 150 valence electrons. The van der Waals surface area contributed by atoms with Gasteiger partial charge >= 0.3 is 0 Å². The van der Waals surface area contributed by atoms with Gasteiger partial charge in [0.25, 0.3) is 0 Å². The molecule has 0 N–H and O–H groups in total. The van der Waals surface area contributed by atoms with Gasteiger partial charge in [-0.05, 0) is 61.4 Å². The zero-order valence-electron chi connectivity index (χ0n) is 16.7. The lowest BCUT2D eigenvalue weighted by atomic mass is 9.66. The molecule has 2 heterocycles. The number of hydrogen-bond donors (Lipinski definition) is 0. The van der Waals surface area contributed by atoms with Gasteiger partial charge in [0.05, 0.1) is 10.6 Å². The number of carbonyl (C=O) groups is 1. The van der Waals surface area contributed by atoms with Crippen LogP contribution in [0.1, 0.15) is 65.9 Å². The van der Waals surface area contributed by atoms with Gasteiger partial charge < -0.3 is 0 Å². The van der Waals surface area contributed by atoms with Crippen molar-refractivity contribution >= 4 is 28.7 Å². The number of carbonyl (C=O) groups excluding carboxylic acids is 1. The molecule has 3 nitrogen and oxygen atoms in total. The van der Waals surface area contributed by atoms with Crippen LogP contribution in [-0.2, 0) is 5.41 Å². The van der Waals surface area contributed by atoms with E-state index in [1.807, 2.05) is 31.2 Å². The van der Waals surface area contributed by atoms with Crippen LogP contribution in [0.15, 0.2) is 48.8 Å². The molecule has 1 saturated carbocycles. The lowest BCUT2D eigenvalue weighted by molar-refractivity contribution is 0.0966. The first-order chi connectivity index (χ1) is 14.1. The SMILES string of the molecule is Cc1nc(-c2cccnc2)sc1C(=O)CCC1(c2ccc(Cl)cc2)CCCCC1. The van der Waals surface area contributed by atoms with E-state index in [2.05, 4.69) is 22.1 Å². The number of pyridine rings is 1. The molecule has 1 aliphatic rings. The molecule has 0 bridgehead atoms. The van der Waals surface area contributed by atoms with Crippen molar-refractivity contribution < 1.29 is 4.79 Å². The van der Waals surface area contributed by atoms with Crippen molar-refractivity contribution in [3.63, 3.8) is 0 Å². The summed E-state index contributed by atoms with van der Waals surface area (Å²) in [6, 6.07) is 12.1. The Morgan fingerprint density at radius 2 is 1.90 bits per heavy atom. The molecule has 0 spiro atoms. The van der Waals surface area contributed by atoms with Gasteiger partial charge in [-0.1, -0.05) is 43.0 Å². The topological polar surface area (TPSA) is 42.9 Å². The van der Waals surface area contributed by atoms with Gasteiger partial charge in [0.15, 0.2) is 5.78 Å². The molecule has 0 aliphatic heterocycles. The van der Waals surface area contributed by atoms with E-state index in [-0.39, 0.29) is 11.2 Å². The Labute approximate surface area is 181 Å². The molecule has 1 fully saturated rings. The zero-order valence-corrected chi connectivity index (χ0v) is 18.2. The summed E-state index contributed by atoms with van der Waals surface area (Å²) in [4.78, 5) is 22.7. The smallest absolute Gasteiger partial charge is 0.174 e. The number of halogens is 1. The first-order valence-electron chi connectivity index (χ1n) is 10.2. The summed E-state index contributed by atoms with van der Waals surface area (Å²) in [5.74, 6) is 0.203. The number of thiazole rings is 1. The van der Waals surface area contributed by atoms with Gasteiger partial charge in [-0.2, -0.15) is 0 Å². The third-order valence-electron chi connectivity index (χ3n) is 6.06. The third kappa shape index (κ3) is 4.44. The molecule has 0 amide bonds. The fourth-order valence-electron chi connectivity index (χ4n) is 4.45. The minimum atomic E-state index is 0.0866. The van der Waals surface area contributed by atoms with Gasteiger partial charge in [-0.3, -0.25) is 9.78 Å². The molecule has 1 aliphatic carbocycles. The number of nitrogens with zero attached hydrogens (tertiary/aromatic N) is 2. The molecule has 4 rings (SSSR count). The molecule has 1 aromatic carbocycles. The number of aromatic nitrogens is 2. The lowest BCUT2D eigenvalue weighted by Crippen LogP contribution is -2.29. The quantitative estimate of drug-likeness (QED) is 0.399. The maximum atomic E-state index is 13.1. The van der Waals surface area contributed by atoms with Crippen molar-refractivity contribution in [1.82, 2.24) is 9.97 Å². The van der Waals surface area contributed by atoms with Crippen LogP contribution in [-0.4, -0.2) is 15.8 Å². The molecule has 0 radical (unpaired) electrons. The highest BCUT2D eigenvalue weighted by molar-refractivity contribution is 7.17. The summed E-state index contributed by atoms with van der Waals surface area (Å²) in [6.45, 7) is 1.93. The maximum absolute atomic E-state index is 13.1. The number of aryl methyl sites for hydroxylation is 1. The van der Waals surface area contributed by atoms with Gasteiger partial charge in [0.2, 0.25) is 0 Å². The average molecular weight is 425 g/mol. The highest BCUT2D eigenvalue weighted by atomic mass is 35.5. The molecule has 2 aromatic heterocycles. The van der Waals surface area contributed by atoms with Crippen molar-refractivity contribution in [2.45, 2.75) is 57.3 Å². The Hall–Kier alpha value is -2.04. The van der Waals surface area contributed by atoms with E-state index in [4.69, 9.17) is 11.6 Å². The van der Waals surface area contributed by atoms with E-state index < -0.39 is 0 Å². The van der Waals surface area contributed by atoms with Gasteiger partial charge in [-0.15, -0.1) is 11.3 Å². The second kappa shape index (κ2) is 8.76. The molecule has 5 heteroatoms. The second-order valence-electron chi connectivity index (χ2n) is 7.95. The van der Waals surface area contributed by atoms with Crippen LogP contribution in [0.5, 0.6) is 0 Å². The van der Waals surface area contributed by atoms with Crippen LogP contribution in [0.2, 0.25) is 5.02 Å². The predicted octanol–water partition coefficient (Wildman–Crippen LogP) is 7.03. The minimum absolute atomic E-state index is 0.0866. The van der Waals surface area contributed by atoms with Crippen LogP contribution in [0.25, 0.3) is 10.6 Å².